The number of hydrogen-bond donors (Lipinski definition) is 2. The van der Waals surface area contributed by atoms with Gasteiger partial charge in [0.2, 0.25) is 5.91 Å². The van der Waals surface area contributed by atoms with Crippen molar-refractivity contribution < 1.29 is 4.79 Å². The number of carbonyl (C=O) groups is 1. The summed E-state index contributed by atoms with van der Waals surface area (Å²) in [4.78, 5) is 15.3. The number of rotatable bonds is 4. The van der Waals surface area contributed by atoms with Crippen LogP contribution in [0.1, 0.15) is 12.0 Å². The Morgan fingerprint density at radius 3 is 3.12 bits per heavy atom. The summed E-state index contributed by atoms with van der Waals surface area (Å²) in [6.45, 7) is 2.38. The number of aromatic nitrogens is 5. The van der Waals surface area contributed by atoms with E-state index in [1.165, 1.54) is 6.33 Å². The van der Waals surface area contributed by atoms with Gasteiger partial charge in [0, 0.05) is 12.0 Å². The summed E-state index contributed by atoms with van der Waals surface area (Å²) >= 11 is 0. The zero-order valence-corrected chi connectivity index (χ0v) is 8.84. The minimum absolute atomic E-state index is 0.0807. The third-order valence-corrected chi connectivity index (χ3v) is 2.13. The fraction of sp³-hybridized carbons (Fsp3) is 0.333. The highest BCUT2D eigenvalue weighted by molar-refractivity contribution is 5.90. The molecular formula is C9H12N6O. The first-order valence-electron chi connectivity index (χ1n) is 4.88. The summed E-state index contributed by atoms with van der Waals surface area (Å²) in [5.41, 5.74) is 0.911. The van der Waals surface area contributed by atoms with Crippen molar-refractivity contribution in [3.63, 3.8) is 0 Å². The van der Waals surface area contributed by atoms with Crippen molar-refractivity contribution in [2.75, 3.05) is 5.32 Å². The molecule has 0 fully saturated rings. The van der Waals surface area contributed by atoms with Gasteiger partial charge in [-0.1, -0.05) is 0 Å². The molecule has 0 aromatic carbocycles. The number of aromatic amines is 1. The van der Waals surface area contributed by atoms with E-state index in [0.29, 0.717) is 18.8 Å². The number of carbonyl (C=O) groups excluding carboxylic acids is 1. The molecule has 7 heteroatoms. The Hall–Kier alpha value is -2.18. The molecule has 2 aromatic heterocycles. The molecule has 0 spiro atoms. The summed E-state index contributed by atoms with van der Waals surface area (Å²) in [6, 6.07) is 0. The van der Waals surface area contributed by atoms with E-state index < -0.39 is 0 Å². The molecule has 2 aromatic rings. The molecule has 0 aliphatic carbocycles. The van der Waals surface area contributed by atoms with E-state index in [0.717, 1.165) is 5.56 Å². The largest absolute Gasteiger partial charge is 0.311 e. The average Bonchev–Trinajstić information content (AvgIpc) is 2.88. The summed E-state index contributed by atoms with van der Waals surface area (Å²) < 4.78 is 1.61. The molecule has 0 radical (unpaired) electrons. The van der Waals surface area contributed by atoms with Crippen LogP contribution >= 0.6 is 0 Å². The van der Waals surface area contributed by atoms with E-state index in [1.807, 2.05) is 6.92 Å². The zero-order chi connectivity index (χ0) is 11.4. The van der Waals surface area contributed by atoms with Gasteiger partial charge in [-0.15, -0.1) is 0 Å². The Labute approximate surface area is 91.9 Å². The normalized spacial score (nSPS) is 10.3. The maximum absolute atomic E-state index is 11.5. The van der Waals surface area contributed by atoms with E-state index in [9.17, 15) is 4.79 Å². The molecule has 16 heavy (non-hydrogen) atoms. The van der Waals surface area contributed by atoms with Gasteiger partial charge in [-0.2, -0.15) is 10.2 Å². The lowest BCUT2D eigenvalue weighted by molar-refractivity contribution is -0.116. The highest BCUT2D eigenvalue weighted by Gasteiger charge is 2.06. The van der Waals surface area contributed by atoms with E-state index in [4.69, 9.17) is 0 Å². The second-order valence-corrected chi connectivity index (χ2v) is 3.38. The minimum atomic E-state index is -0.0807. The van der Waals surface area contributed by atoms with Gasteiger partial charge in [-0.25, -0.2) is 4.98 Å². The maximum atomic E-state index is 11.5. The van der Waals surface area contributed by atoms with Crippen molar-refractivity contribution in [1.29, 1.82) is 0 Å². The third kappa shape index (κ3) is 2.44. The van der Waals surface area contributed by atoms with Gasteiger partial charge in [0.1, 0.15) is 18.5 Å². The molecule has 0 saturated heterocycles. The van der Waals surface area contributed by atoms with Crippen molar-refractivity contribution >= 4 is 11.7 Å². The molecule has 0 saturated carbocycles. The van der Waals surface area contributed by atoms with E-state index >= 15 is 0 Å². The van der Waals surface area contributed by atoms with Crippen LogP contribution in [0.25, 0.3) is 0 Å². The molecule has 2 heterocycles. The van der Waals surface area contributed by atoms with Crippen LogP contribution in [-0.2, 0) is 11.3 Å². The summed E-state index contributed by atoms with van der Waals surface area (Å²) in [7, 11) is 0. The summed E-state index contributed by atoms with van der Waals surface area (Å²) in [5.74, 6) is 0.562. The van der Waals surface area contributed by atoms with Crippen LogP contribution in [0.4, 0.5) is 5.82 Å². The molecule has 0 aliphatic rings. The molecule has 2 rings (SSSR count). The van der Waals surface area contributed by atoms with E-state index in [-0.39, 0.29) is 5.91 Å². The lowest BCUT2D eigenvalue weighted by Crippen LogP contribution is -2.15. The topological polar surface area (TPSA) is 88.5 Å². The van der Waals surface area contributed by atoms with Gasteiger partial charge >= 0.3 is 0 Å². The fourth-order valence-electron chi connectivity index (χ4n) is 1.24. The van der Waals surface area contributed by atoms with Gasteiger partial charge in [0.05, 0.1) is 12.7 Å². The van der Waals surface area contributed by atoms with Crippen molar-refractivity contribution in [3.8, 4) is 0 Å². The SMILES string of the molecule is Cc1cn[nH]c1NC(=O)CCn1cncn1. The minimum Gasteiger partial charge on any atom is -0.311 e. The van der Waals surface area contributed by atoms with Crippen LogP contribution in [0.15, 0.2) is 18.9 Å². The second kappa shape index (κ2) is 4.56. The first-order chi connectivity index (χ1) is 7.75. The van der Waals surface area contributed by atoms with Crippen molar-refractivity contribution in [1.82, 2.24) is 25.0 Å². The molecule has 0 unspecified atom stereocenters. The maximum Gasteiger partial charge on any atom is 0.227 e. The van der Waals surface area contributed by atoms with Gasteiger partial charge < -0.3 is 5.32 Å². The molecule has 84 valence electrons. The van der Waals surface area contributed by atoms with Crippen LogP contribution in [0.2, 0.25) is 0 Å². The fourth-order valence-corrected chi connectivity index (χ4v) is 1.24. The Morgan fingerprint density at radius 2 is 2.50 bits per heavy atom. The van der Waals surface area contributed by atoms with E-state index in [1.54, 1.807) is 17.2 Å². The monoisotopic (exact) mass is 220 g/mol. The molecule has 0 atom stereocenters. The number of H-pyrrole nitrogens is 1. The number of hydrogen-bond acceptors (Lipinski definition) is 4. The van der Waals surface area contributed by atoms with Crippen LogP contribution in [-0.4, -0.2) is 30.9 Å². The predicted octanol–water partition coefficient (Wildman–Crippen LogP) is 0.338. The standard InChI is InChI=1S/C9H12N6O/c1-7-4-11-14-9(7)13-8(16)2-3-15-6-10-5-12-15/h4-6H,2-3H2,1H3,(H2,11,13,14,16). The molecule has 0 aliphatic heterocycles. The van der Waals surface area contributed by atoms with Gasteiger partial charge in [-0.3, -0.25) is 14.6 Å². The predicted molar refractivity (Wildman–Crippen MR) is 56.6 cm³/mol. The highest BCUT2D eigenvalue weighted by atomic mass is 16.1. The lowest BCUT2D eigenvalue weighted by Gasteiger charge is -2.03. The van der Waals surface area contributed by atoms with E-state index in [2.05, 4.69) is 25.6 Å². The summed E-state index contributed by atoms with van der Waals surface area (Å²) in [6.07, 6.45) is 5.03. The molecular weight excluding hydrogens is 208 g/mol. The van der Waals surface area contributed by atoms with Crippen LogP contribution < -0.4 is 5.32 Å². The van der Waals surface area contributed by atoms with Crippen LogP contribution in [0, 0.1) is 6.92 Å². The average molecular weight is 220 g/mol. The Kier molecular flexibility index (Phi) is 2.95. The number of anilines is 1. The Morgan fingerprint density at radius 1 is 1.62 bits per heavy atom. The van der Waals surface area contributed by atoms with Gasteiger partial charge in [0.25, 0.3) is 0 Å². The van der Waals surface area contributed by atoms with Gasteiger partial charge in [-0.05, 0) is 6.92 Å². The van der Waals surface area contributed by atoms with Crippen molar-refractivity contribution in [2.24, 2.45) is 0 Å². The zero-order valence-electron chi connectivity index (χ0n) is 8.84. The van der Waals surface area contributed by atoms with Crippen molar-refractivity contribution in [3.05, 3.63) is 24.4 Å². The third-order valence-electron chi connectivity index (χ3n) is 2.13. The molecule has 0 bridgehead atoms. The summed E-state index contributed by atoms with van der Waals surface area (Å²) in [5, 5.41) is 13.2. The number of nitrogens with one attached hydrogen (secondary N) is 2. The number of amides is 1. The molecule has 2 N–H and O–H groups in total. The Balaban J connectivity index is 1.83. The molecule has 7 nitrogen and oxygen atoms in total. The number of nitrogens with zero attached hydrogens (tertiary/aromatic N) is 4. The quantitative estimate of drug-likeness (QED) is 0.777. The molecule has 1 amide bonds. The first-order valence-corrected chi connectivity index (χ1v) is 4.88. The first kappa shape index (κ1) is 10.3. The van der Waals surface area contributed by atoms with Crippen LogP contribution in [0.3, 0.4) is 0 Å². The van der Waals surface area contributed by atoms with Gasteiger partial charge in [0.15, 0.2) is 0 Å². The van der Waals surface area contributed by atoms with Crippen molar-refractivity contribution in [2.45, 2.75) is 19.9 Å². The highest BCUT2D eigenvalue weighted by Crippen LogP contribution is 2.08. The number of aryl methyl sites for hydroxylation is 2. The van der Waals surface area contributed by atoms with Crippen LogP contribution in [0.5, 0.6) is 0 Å². The lowest BCUT2D eigenvalue weighted by atomic mass is 10.3. The smallest absolute Gasteiger partial charge is 0.227 e. The Bertz CT molecular complexity index is 460. The second-order valence-electron chi connectivity index (χ2n) is 3.38.